The Morgan fingerprint density at radius 2 is 1.68 bits per heavy atom. The SMILES string of the molecule is CC(C)(C)c1nc2c(c(C(C)(C)C)n1)CC1CCCCN1C2. The standard InChI is InChI=1S/C19H31N3/c1-18(2,3)16-14-11-13-9-7-8-10-22(13)12-15(14)20-17(21-16)19(4,5)6/h13H,7-12H2,1-6H3. The molecule has 1 aromatic heterocycles. The lowest BCUT2D eigenvalue weighted by molar-refractivity contribution is 0.123. The van der Waals surface area contributed by atoms with Crippen molar-refractivity contribution in [3.05, 3.63) is 22.8 Å². The van der Waals surface area contributed by atoms with E-state index >= 15 is 0 Å². The number of fused-ring (bicyclic) bond motifs is 2. The first-order chi connectivity index (χ1) is 10.2. The van der Waals surface area contributed by atoms with Crippen molar-refractivity contribution in [2.75, 3.05) is 6.54 Å². The van der Waals surface area contributed by atoms with Crippen LogP contribution in [0.15, 0.2) is 0 Å². The third-order valence-corrected chi connectivity index (χ3v) is 5.02. The van der Waals surface area contributed by atoms with E-state index in [2.05, 4.69) is 46.4 Å². The van der Waals surface area contributed by atoms with Gasteiger partial charge in [-0.15, -0.1) is 0 Å². The van der Waals surface area contributed by atoms with Crippen LogP contribution in [0, 0.1) is 0 Å². The maximum absolute atomic E-state index is 5.04. The molecule has 0 N–H and O–H groups in total. The minimum atomic E-state index is 0.00772. The Morgan fingerprint density at radius 3 is 2.32 bits per heavy atom. The van der Waals surface area contributed by atoms with Crippen LogP contribution in [0.2, 0.25) is 0 Å². The highest BCUT2D eigenvalue weighted by Gasteiger charge is 2.35. The zero-order valence-electron chi connectivity index (χ0n) is 15.2. The van der Waals surface area contributed by atoms with E-state index in [0.717, 1.165) is 18.8 Å². The molecule has 3 heterocycles. The van der Waals surface area contributed by atoms with Gasteiger partial charge in [-0.2, -0.15) is 0 Å². The summed E-state index contributed by atoms with van der Waals surface area (Å²) in [7, 11) is 0. The summed E-state index contributed by atoms with van der Waals surface area (Å²) in [5, 5.41) is 0. The molecule has 0 spiro atoms. The van der Waals surface area contributed by atoms with Gasteiger partial charge in [-0.1, -0.05) is 48.0 Å². The lowest BCUT2D eigenvalue weighted by Gasteiger charge is -2.41. The summed E-state index contributed by atoms with van der Waals surface area (Å²) >= 11 is 0. The largest absolute Gasteiger partial charge is 0.294 e. The van der Waals surface area contributed by atoms with Crippen molar-refractivity contribution in [1.82, 2.24) is 14.9 Å². The van der Waals surface area contributed by atoms with Crippen LogP contribution >= 0.6 is 0 Å². The van der Waals surface area contributed by atoms with E-state index in [-0.39, 0.29) is 10.8 Å². The number of hydrogen-bond acceptors (Lipinski definition) is 3. The van der Waals surface area contributed by atoms with Gasteiger partial charge in [0.15, 0.2) is 0 Å². The van der Waals surface area contributed by atoms with Crippen molar-refractivity contribution in [2.24, 2.45) is 0 Å². The lowest BCUT2D eigenvalue weighted by atomic mass is 9.81. The summed E-state index contributed by atoms with van der Waals surface area (Å²) in [4.78, 5) is 12.7. The maximum atomic E-state index is 5.04. The van der Waals surface area contributed by atoms with Gasteiger partial charge in [-0.25, -0.2) is 9.97 Å². The Balaban J connectivity index is 2.10. The fraction of sp³-hybridized carbons (Fsp3) is 0.789. The fourth-order valence-corrected chi connectivity index (χ4v) is 3.76. The molecule has 0 aromatic carbocycles. The van der Waals surface area contributed by atoms with Gasteiger partial charge in [0.1, 0.15) is 5.82 Å². The Labute approximate surface area is 135 Å². The normalized spacial score (nSPS) is 23.1. The molecule has 3 nitrogen and oxygen atoms in total. The molecule has 0 aliphatic carbocycles. The molecule has 1 aromatic rings. The van der Waals surface area contributed by atoms with Gasteiger partial charge in [-0.05, 0) is 31.4 Å². The fourth-order valence-electron chi connectivity index (χ4n) is 3.76. The highest BCUT2D eigenvalue weighted by Crippen LogP contribution is 2.35. The average molecular weight is 301 g/mol. The van der Waals surface area contributed by atoms with Crippen molar-refractivity contribution in [2.45, 2.75) is 90.6 Å². The van der Waals surface area contributed by atoms with Crippen LogP contribution in [0.25, 0.3) is 0 Å². The molecule has 3 rings (SSSR count). The first kappa shape index (κ1) is 15.9. The van der Waals surface area contributed by atoms with Crippen LogP contribution in [0.5, 0.6) is 0 Å². The number of aromatic nitrogens is 2. The highest BCUT2D eigenvalue weighted by molar-refractivity contribution is 5.35. The van der Waals surface area contributed by atoms with Gasteiger partial charge < -0.3 is 0 Å². The predicted molar refractivity (Wildman–Crippen MR) is 91.2 cm³/mol. The maximum Gasteiger partial charge on any atom is 0.134 e. The Hall–Kier alpha value is -0.960. The molecule has 1 atom stereocenters. The molecule has 0 bridgehead atoms. The summed E-state index contributed by atoms with van der Waals surface area (Å²) in [6.45, 7) is 15.8. The molecule has 3 heteroatoms. The minimum Gasteiger partial charge on any atom is -0.294 e. The van der Waals surface area contributed by atoms with Crippen LogP contribution in [-0.4, -0.2) is 27.5 Å². The van der Waals surface area contributed by atoms with E-state index in [4.69, 9.17) is 9.97 Å². The second-order valence-corrected chi connectivity index (χ2v) is 9.15. The van der Waals surface area contributed by atoms with Crippen molar-refractivity contribution in [1.29, 1.82) is 0 Å². The molecule has 1 saturated heterocycles. The molecular weight excluding hydrogens is 270 g/mol. The van der Waals surface area contributed by atoms with Gasteiger partial charge in [0.05, 0.1) is 11.4 Å². The molecule has 22 heavy (non-hydrogen) atoms. The smallest absolute Gasteiger partial charge is 0.134 e. The summed E-state index contributed by atoms with van der Waals surface area (Å²) < 4.78 is 0. The highest BCUT2D eigenvalue weighted by atomic mass is 15.2. The molecule has 0 amide bonds. The van der Waals surface area contributed by atoms with Gasteiger partial charge in [-0.3, -0.25) is 4.90 Å². The van der Waals surface area contributed by atoms with E-state index in [0.29, 0.717) is 6.04 Å². The van der Waals surface area contributed by atoms with Crippen LogP contribution in [0.3, 0.4) is 0 Å². The summed E-state index contributed by atoms with van der Waals surface area (Å²) in [6.07, 6.45) is 5.20. The second kappa shape index (κ2) is 5.30. The second-order valence-electron chi connectivity index (χ2n) is 9.15. The van der Waals surface area contributed by atoms with E-state index in [1.807, 2.05) is 0 Å². The Bertz CT molecular complexity index is 563. The van der Waals surface area contributed by atoms with Crippen LogP contribution in [0.4, 0.5) is 0 Å². The number of hydrogen-bond donors (Lipinski definition) is 0. The molecular formula is C19H31N3. The van der Waals surface area contributed by atoms with Crippen molar-refractivity contribution in [3.63, 3.8) is 0 Å². The summed E-state index contributed by atoms with van der Waals surface area (Å²) in [5.74, 6) is 1.01. The van der Waals surface area contributed by atoms with Crippen LogP contribution in [-0.2, 0) is 23.8 Å². The van der Waals surface area contributed by atoms with Crippen molar-refractivity contribution < 1.29 is 0 Å². The van der Waals surface area contributed by atoms with E-state index < -0.39 is 0 Å². The van der Waals surface area contributed by atoms with Gasteiger partial charge in [0, 0.05) is 23.4 Å². The Morgan fingerprint density at radius 1 is 0.955 bits per heavy atom. The number of nitrogens with zero attached hydrogens (tertiary/aromatic N) is 3. The zero-order valence-corrected chi connectivity index (χ0v) is 15.2. The zero-order chi connectivity index (χ0) is 16.1. The first-order valence-corrected chi connectivity index (χ1v) is 8.81. The first-order valence-electron chi connectivity index (χ1n) is 8.81. The van der Waals surface area contributed by atoms with E-state index in [1.54, 1.807) is 0 Å². The minimum absolute atomic E-state index is 0.00772. The predicted octanol–water partition coefficient (Wildman–Crippen LogP) is 3.98. The molecule has 2 aliphatic rings. The average Bonchev–Trinajstić information content (AvgIpc) is 2.41. The van der Waals surface area contributed by atoms with Gasteiger partial charge in [0.2, 0.25) is 0 Å². The molecule has 0 saturated carbocycles. The third-order valence-electron chi connectivity index (χ3n) is 5.02. The monoisotopic (exact) mass is 301 g/mol. The number of piperidine rings is 1. The Kier molecular flexibility index (Phi) is 3.83. The third kappa shape index (κ3) is 2.92. The van der Waals surface area contributed by atoms with Crippen LogP contribution in [0.1, 0.15) is 83.6 Å². The van der Waals surface area contributed by atoms with Gasteiger partial charge >= 0.3 is 0 Å². The molecule has 2 aliphatic heterocycles. The van der Waals surface area contributed by atoms with Gasteiger partial charge in [0.25, 0.3) is 0 Å². The topological polar surface area (TPSA) is 29.0 Å². The van der Waals surface area contributed by atoms with E-state index in [9.17, 15) is 0 Å². The number of rotatable bonds is 0. The van der Waals surface area contributed by atoms with Crippen molar-refractivity contribution in [3.8, 4) is 0 Å². The van der Waals surface area contributed by atoms with E-state index in [1.165, 1.54) is 42.8 Å². The molecule has 0 radical (unpaired) electrons. The lowest BCUT2D eigenvalue weighted by Crippen LogP contribution is -2.45. The summed E-state index contributed by atoms with van der Waals surface area (Å²) in [5.41, 5.74) is 4.12. The molecule has 1 fully saturated rings. The summed E-state index contributed by atoms with van der Waals surface area (Å²) in [6, 6.07) is 0.714. The molecule has 122 valence electrons. The van der Waals surface area contributed by atoms with Crippen molar-refractivity contribution >= 4 is 0 Å². The quantitative estimate of drug-likeness (QED) is 0.726. The molecule has 1 unspecified atom stereocenters. The van der Waals surface area contributed by atoms with Crippen LogP contribution < -0.4 is 0 Å².